The van der Waals surface area contributed by atoms with Gasteiger partial charge < -0.3 is 10.4 Å². The van der Waals surface area contributed by atoms with Crippen molar-refractivity contribution in [3.63, 3.8) is 0 Å². The average Bonchev–Trinajstić information content (AvgIpc) is 2.88. The molecule has 106 valence electrons. The molecule has 0 saturated heterocycles. The minimum absolute atomic E-state index is 0.190. The summed E-state index contributed by atoms with van der Waals surface area (Å²) in [4.78, 5) is 15.7. The van der Waals surface area contributed by atoms with E-state index in [4.69, 9.17) is 0 Å². The third-order valence-corrected chi connectivity index (χ3v) is 3.63. The molecule has 5 heteroatoms. The van der Waals surface area contributed by atoms with Crippen molar-refractivity contribution >= 4 is 23.1 Å². The zero-order chi connectivity index (χ0) is 14.8. The van der Waals surface area contributed by atoms with E-state index in [1.807, 2.05) is 32.2 Å². The van der Waals surface area contributed by atoms with E-state index >= 15 is 0 Å². The highest BCUT2D eigenvalue weighted by molar-refractivity contribution is 7.07. The summed E-state index contributed by atoms with van der Waals surface area (Å²) in [5, 5.41) is 16.5. The highest BCUT2D eigenvalue weighted by Crippen LogP contribution is 2.23. The summed E-state index contributed by atoms with van der Waals surface area (Å²) in [6, 6.07) is 5.24. The standard InChI is InChI=1S/C15H18N2O2S/c1-15(2,3)12-6-11(14(18)19)7-13(17-12)16-8-10-4-5-20-9-10/h4-7,9H,8H2,1-3H3,(H,16,17)(H,18,19). The average molecular weight is 290 g/mol. The number of carboxylic acids is 1. The molecule has 0 radical (unpaired) electrons. The summed E-state index contributed by atoms with van der Waals surface area (Å²) in [5.74, 6) is -0.336. The normalized spacial score (nSPS) is 11.3. The van der Waals surface area contributed by atoms with Gasteiger partial charge in [0.25, 0.3) is 0 Å². The number of carboxylic acid groups (broad SMARTS) is 1. The summed E-state index contributed by atoms with van der Waals surface area (Å²) in [7, 11) is 0. The summed E-state index contributed by atoms with van der Waals surface area (Å²) < 4.78 is 0. The Kier molecular flexibility index (Phi) is 4.09. The van der Waals surface area contributed by atoms with Crippen molar-refractivity contribution in [2.24, 2.45) is 0 Å². The van der Waals surface area contributed by atoms with Crippen LogP contribution in [-0.2, 0) is 12.0 Å². The number of aromatic carboxylic acids is 1. The van der Waals surface area contributed by atoms with Gasteiger partial charge in [0, 0.05) is 17.7 Å². The highest BCUT2D eigenvalue weighted by atomic mass is 32.1. The van der Waals surface area contributed by atoms with E-state index in [0.717, 1.165) is 11.3 Å². The van der Waals surface area contributed by atoms with Crippen molar-refractivity contribution in [1.82, 2.24) is 4.98 Å². The fourth-order valence-electron chi connectivity index (χ4n) is 1.71. The van der Waals surface area contributed by atoms with Crippen molar-refractivity contribution < 1.29 is 9.90 Å². The number of nitrogens with zero attached hydrogens (tertiary/aromatic N) is 1. The molecule has 4 nitrogen and oxygen atoms in total. The van der Waals surface area contributed by atoms with Gasteiger partial charge in [-0.1, -0.05) is 20.8 Å². The first kappa shape index (κ1) is 14.5. The van der Waals surface area contributed by atoms with E-state index in [9.17, 15) is 9.90 Å². The molecule has 0 spiro atoms. The quantitative estimate of drug-likeness (QED) is 0.900. The number of pyridine rings is 1. The molecule has 0 amide bonds. The molecule has 20 heavy (non-hydrogen) atoms. The van der Waals surface area contributed by atoms with Gasteiger partial charge in [0.2, 0.25) is 0 Å². The van der Waals surface area contributed by atoms with Gasteiger partial charge in [-0.25, -0.2) is 9.78 Å². The van der Waals surface area contributed by atoms with Crippen molar-refractivity contribution in [3.8, 4) is 0 Å². The van der Waals surface area contributed by atoms with E-state index in [1.54, 1.807) is 23.5 Å². The van der Waals surface area contributed by atoms with Crippen LogP contribution in [0, 0.1) is 0 Å². The molecule has 0 bridgehead atoms. The molecule has 0 aliphatic heterocycles. The Morgan fingerprint density at radius 2 is 2.15 bits per heavy atom. The fourth-order valence-corrected chi connectivity index (χ4v) is 2.38. The van der Waals surface area contributed by atoms with E-state index in [2.05, 4.69) is 15.7 Å². The maximum absolute atomic E-state index is 11.2. The number of hydrogen-bond donors (Lipinski definition) is 2. The van der Waals surface area contributed by atoms with Gasteiger partial charge in [0.05, 0.1) is 5.56 Å². The van der Waals surface area contributed by atoms with Gasteiger partial charge in [0.15, 0.2) is 0 Å². The fraction of sp³-hybridized carbons (Fsp3) is 0.333. The molecule has 0 atom stereocenters. The number of thiophene rings is 1. The smallest absolute Gasteiger partial charge is 0.335 e. The van der Waals surface area contributed by atoms with Gasteiger partial charge in [-0.2, -0.15) is 11.3 Å². The second kappa shape index (κ2) is 5.63. The number of aromatic nitrogens is 1. The van der Waals surface area contributed by atoms with Gasteiger partial charge in [-0.3, -0.25) is 0 Å². The van der Waals surface area contributed by atoms with Crippen LogP contribution in [-0.4, -0.2) is 16.1 Å². The van der Waals surface area contributed by atoms with E-state index in [0.29, 0.717) is 12.4 Å². The van der Waals surface area contributed by atoms with Crippen LogP contribution in [0.4, 0.5) is 5.82 Å². The number of hydrogen-bond acceptors (Lipinski definition) is 4. The van der Waals surface area contributed by atoms with E-state index in [-0.39, 0.29) is 11.0 Å². The van der Waals surface area contributed by atoms with Crippen LogP contribution in [0.5, 0.6) is 0 Å². The molecule has 0 unspecified atom stereocenters. The summed E-state index contributed by atoms with van der Waals surface area (Å²) in [6.07, 6.45) is 0. The minimum atomic E-state index is -0.934. The first-order valence-electron chi connectivity index (χ1n) is 6.37. The molecule has 0 fully saturated rings. The Bertz CT molecular complexity index is 601. The van der Waals surface area contributed by atoms with Crippen LogP contribution in [0.1, 0.15) is 42.4 Å². The Morgan fingerprint density at radius 1 is 1.40 bits per heavy atom. The number of nitrogens with one attached hydrogen (secondary N) is 1. The zero-order valence-electron chi connectivity index (χ0n) is 11.8. The topological polar surface area (TPSA) is 62.2 Å². The Labute approximate surface area is 122 Å². The van der Waals surface area contributed by atoms with Crippen molar-refractivity contribution in [3.05, 3.63) is 45.8 Å². The number of rotatable bonds is 4. The lowest BCUT2D eigenvalue weighted by atomic mass is 9.91. The molecule has 2 N–H and O–H groups in total. The maximum Gasteiger partial charge on any atom is 0.335 e. The Morgan fingerprint density at radius 3 is 2.70 bits per heavy atom. The van der Waals surface area contributed by atoms with Gasteiger partial charge >= 0.3 is 5.97 Å². The lowest BCUT2D eigenvalue weighted by molar-refractivity contribution is 0.0696. The van der Waals surface area contributed by atoms with Crippen LogP contribution in [0.25, 0.3) is 0 Å². The third kappa shape index (κ3) is 3.57. The van der Waals surface area contributed by atoms with E-state index in [1.165, 1.54) is 0 Å². The van der Waals surface area contributed by atoms with Gasteiger partial charge in [-0.05, 0) is 34.5 Å². The third-order valence-electron chi connectivity index (χ3n) is 2.89. The maximum atomic E-state index is 11.2. The monoisotopic (exact) mass is 290 g/mol. The van der Waals surface area contributed by atoms with Crippen LogP contribution in [0.3, 0.4) is 0 Å². The SMILES string of the molecule is CC(C)(C)c1cc(C(=O)O)cc(NCc2ccsc2)n1. The summed E-state index contributed by atoms with van der Waals surface area (Å²) in [5.41, 5.74) is 2.00. The molecule has 2 rings (SSSR count). The molecule has 2 heterocycles. The largest absolute Gasteiger partial charge is 0.478 e. The number of anilines is 1. The van der Waals surface area contributed by atoms with Crippen molar-refractivity contribution in [2.75, 3.05) is 5.32 Å². The lowest BCUT2D eigenvalue weighted by Gasteiger charge is -2.19. The molecular formula is C15H18N2O2S. The molecule has 2 aromatic heterocycles. The zero-order valence-corrected chi connectivity index (χ0v) is 12.6. The molecule has 0 aliphatic carbocycles. The predicted molar refractivity (Wildman–Crippen MR) is 81.5 cm³/mol. The molecule has 0 aromatic carbocycles. The molecule has 0 saturated carbocycles. The summed E-state index contributed by atoms with van der Waals surface area (Å²) in [6.45, 7) is 6.69. The Hall–Kier alpha value is -1.88. The summed E-state index contributed by atoms with van der Waals surface area (Å²) >= 11 is 1.64. The van der Waals surface area contributed by atoms with Crippen LogP contribution >= 0.6 is 11.3 Å². The minimum Gasteiger partial charge on any atom is -0.478 e. The van der Waals surface area contributed by atoms with Crippen LogP contribution in [0.15, 0.2) is 29.0 Å². The van der Waals surface area contributed by atoms with Crippen molar-refractivity contribution in [1.29, 1.82) is 0 Å². The first-order valence-corrected chi connectivity index (χ1v) is 7.31. The van der Waals surface area contributed by atoms with Crippen LogP contribution < -0.4 is 5.32 Å². The molecule has 2 aromatic rings. The lowest BCUT2D eigenvalue weighted by Crippen LogP contribution is -2.16. The second-order valence-corrected chi connectivity index (χ2v) is 6.45. The highest BCUT2D eigenvalue weighted by Gasteiger charge is 2.19. The van der Waals surface area contributed by atoms with Gasteiger partial charge in [-0.15, -0.1) is 0 Å². The van der Waals surface area contributed by atoms with Crippen LogP contribution in [0.2, 0.25) is 0 Å². The predicted octanol–water partition coefficient (Wildman–Crippen LogP) is 3.75. The molecular weight excluding hydrogens is 272 g/mol. The second-order valence-electron chi connectivity index (χ2n) is 5.67. The number of carbonyl (C=O) groups is 1. The van der Waals surface area contributed by atoms with Gasteiger partial charge in [0.1, 0.15) is 5.82 Å². The molecule has 0 aliphatic rings. The Balaban J connectivity index is 2.27. The first-order chi connectivity index (χ1) is 9.36. The van der Waals surface area contributed by atoms with Crippen molar-refractivity contribution in [2.45, 2.75) is 32.7 Å². The van der Waals surface area contributed by atoms with E-state index < -0.39 is 5.97 Å².